The van der Waals surface area contributed by atoms with Gasteiger partial charge in [0.2, 0.25) is 5.91 Å². The first-order valence-electron chi connectivity index (χ1n) is 5.17. The molecule has 1 heterocycles. The number of amides is 1. The number of hydrogen-bond acceptors (Lipinski definition) is 3. The second kappa shape index (κ2) is 5.61. The Morgan fingerprint density at radius 2 is 2.14 bits per heavy atom. The summed E-state index contributed by atoms with van der Waals surface area (Å²) in [4.78, 5) is 11.8. The van der Waals surface area contributed by atoms with E-state index in [0.29, 0.717) is 0 Å². The molecular weight excluding hydrogens is 196 g/mol. The Hall–Kier alpha value is -0.220. The molecule has 0 radical (unpaired) electrons. The van der Waals surface area contributed by atoms with E-state index in [2.05, 4.69) is 23.8 Å². The Bertz CT molecular complexity index is 191. The topological polar surface area (TPSA) is 41.1 Å². The van der Waals surface area contributed by atoms with Crippen LogP contribution >= 0.6 is 11.8 Å². The molecule has 14 heavy (non-hydrogen) atoms. The van der Waals surface area contributed by atoms with E-state index in [1.807, 2.05) is 0 Å². The molecule has 4 heteroatoms. The van der Waals surface area contributed by atoms with Crippen molar-refractivity contribution in [2.45, 2.75) is 19.8 Å². The van der Waals surface area contributed by atoms with Gasteiger partial charge in [0.25, 0.3) is 0 Å². The second-order valence-corrected chi connectivity index (χ2v) is 5.04. The van der Waals surface area contributed by atoms with Gasteiger partial charge >= 0.3 is 0 Å². The summed E-state index contributed by atoms with van der Waals surface area (Å²) in [5, 5.41) is 6.28. The molecule has 0 spiro atoms. The van der Waals surface area contributed by atoms with Gasteiger partial charge in [0.1, 0.15) is 0 Å². The molecule has 3 nitrogen and oxygen atoms in total. The zero-order valence-electron chi connectivity index (χ0n) is 9.06. The van der Waals surface area contributed by atoms with E-state index >= 15 is 0 Å². The average molecular weight is 216 g/mol. The van der Waals surface area contributed by atoms with Gasteiger partial charge in [0, 0.05) is 17.7 Å². The van der Waals surface area contributed by atoms with Gasteiger partial charge in [-0.1, -0.05) is 6.92 Å². The molecule has 0 bridgehead atoms. The quantitative estimate of drug-likeness (QED) is 0.685. The molecule has 0 aromatic carbocycles. The first kappa shape index (κ1) is 11.9. The maximum Gasteiger partial charge on any atom is 0.226 e. The van der Waals surface area contributed by atoms with E-state index in [1.165, 1.54) is 0 Å². The molecule has 1 rings (SSSR count). The number of carbonyl (C=O) groups is 1. The van der Waals surface area contributed by atoms with Crippen molar-refractivity contribution in [3.8, 4) is 0 Å². The molecule has 2 N–H and O–H groups in total. The summed E-state index contributed by atoms with van der Waals surface area (Å²) in [6.07, 6.45) is 3.97. The van der Waals surface area contributed by atoms with Gasteiger partial charge in [-0.05, 0) is 32.2 Å². The fourth-order valence-corrected chi connectivity index (χ4v) is 1.99. The molecule has 0 atom stereocenters. The highest BCUT2D eigenvalue weighted by Gasteiger charge is 2.33. The van der Waals surface area contributed by atoms with Gasteiger partial charge < -0.3 is 10.6 Å². The first-order valence-corrected chi connectivity index (χ1v) is 6.56. The standard InChI is InChI=1S/C10H20N2OS/c1-10(3-5-11-6-4-10)9(13)12-7-8-14-2/h11H,3-8H2,1-2H3,(H,12,13). The smallest absolute Gasteiger partial charge is 0.226 e. The van der Waals surface area contributed by atoms with Crippen LogP contribution in [0.1, 0.15) is 19.8 Å². The monoisotopic (exact) mass is 216 g/mol. The van der Waals surface area contributed by atoms with Crippen LogP contribution in [0.4, 0.5) is 0 Å². The van der Waals surface area contributed by atoms with Gasteiger partial charge in [-0.25, -0.2) is 0 Å². The number of hydrogen-bond donors (Lipinski definition) is 2. The van der Waals surface area contributed by atoms with Gasteiger partial charge in [-0.2, -0.15) is 11.8 Å². The Morgan fingerprint density at radius 3 is 2.71 bits per heavy atom. The van der Waals surface area contributed by atoms with Crippen LogP contribution in [0.5, 0.6) is 0 Å². The van der Waals surface area contributed by atoms with Gasteiger partial charge in [-0.3, -0.25) is 4.79 Å². The molecule has 0 aromatic rings. The maximum absolute atomic E-state index is 11.8. The van der Waals surface area contributed by atoms with Crippen LogP contribution in [0.3, 0.4) is 0 Å². The number of rotatable bonds is 4. The molecule has 1 saturated heterocycles. The fourth-order valence-electron chi connectivity index (χ4n) is 1.69. The molecule has 1 aliphatic heterocycles. The van der Waals surface area contributed by atoms with Crippen LogP contribution in [-0.2, 0) is 4.79 Å². The van der Waals surface area contributed by atoms with Crippen molar-refractivity contribution in [1.29, 1.82) is 0 Å². The highest BCUT2D eigenvalue weighted by molar-refractivity contribution is 7.98. The molecule has 0 saturated carbocycles. The van der Waals surface area contributed by atoms with Crippen LogP contribution in [0.2, 0.25) is 0 Å². The lowest BCUT2D eigenvalue weighted by Crippen LogP contribution is -2.46. The van der Waals surface area contributed by atoms with Crippen LogP contribution in [0, 0.1) is 5.41 Å². The van der Waals surface area contributed by atoms with Crippen LogP contribution in [0.15, 0.2) is 0 Å². The van der Waals surface area contributed by atoms with E-state index in [0.717, 1.165) is 38.2 Å². The van der Waals surface area contributed by atoms with E-state index in [9.17, 15) is 4.79 Å². The summed E-state index contributed by atoms with van der Waals surface area (Å²) in [6.45, 7) is 4.80. The van der Waals surface area contributed by atoms with E-state index < -0.39 is 0 Å². The van der Waals surface area contributed by atoms with Crippen molar-refractivity contribution in [2.75, 3.05) is 31.6 Å². The van der Waals surface area contributed by atoms with Crippen molar-refractivity contribution in [3.05, 3.63) is 0 Å². The normalized spacial score (nSPS) is 20.4. The molecule has 0 aliphatic carbocycles. The third kappa shape index (κ3) is 3.17. The second-order valence-electron chi connectivity index (χ2n) is 4.06. The minimum atomic E-state index is -0.135. The molecule has 1 fully saturated rings. The Labute approximate surface area is 90.4 Å². The van der Waals surface area contributed by atoms with E-state index in [4.69, 9.17) is 0 Å². The van der Waals surface area contributed by atoms with Crippen molar-refractivity contribution < 1.29 is 4.79 Å². The Morgan fingerprint density at radius 1 is 1.50 bits per heavy atom. The van der Waals surface area contributed by atoms with Crippen molar-refractivity contribution in [3.63, 3.8) is 0 Å². The number of thioether (sulfide) groups is 1. The van der Waals surface area contributed by atoms with Crippen LogP contribution < -0.4 is 10.6 Å². The number of piperidine rings is 1. The summed E-state index contributed by atoms with van der Waals surface area (Å²) in [7, 11) is 0. The summed E-state index contributed by atoms with van der Waals surface area (Å²) in [5.41, 5.74) is -0.135. The lowest BCUT2D eigenvalue weighted by atomic mass is 9.80. The largest absolute Gasteiger partial charge is 0.355 e. The van der Waals surface area contributed by atoms with E-state index in [1.54, 1.807) is 11.8 Å². The SMILES string of the molecule is CSCCNC(=O)C1(C)CCNCC1. The van der Waals surface area contributed by atoms with Crippen LogP contribution in [-0.4, -0.2) is 37.6 Å². The Balaban J connectivity index is 2.33. The predicted octanol–water partition coefficient (Wildman–Crippen LogP) is 0.855. The minimum absolute atomic E-state index is 0.135. The fraction of sp³-hybridized carbons (Fsp3) is 0.900. The number of nitrogens with one attached hydrogen (secondary N) is 2. The lowest BCUT2D eigenvalue weighted by molar-refractivity contribution is -0.131. The summed E-state index contributed by atoms with van der Waals surface area (Å²) in [6, 6.07) is 0. The first-order chi connectivity index (χ1) is 6.69. The maximum atomic E-state index is 11.8. The third-order valence-electron chi connectivity index (χ3n) is 2.85. The molecule has 0 aromatic heterocycles. The summed E-state index contributed by atoms with van der Waals surface area (Å²) < 4.78 is 0. The highest BCUT2D eigenvalue weighted by Crippen LogP contribution is 2.27. The minimum Gasteiger partial charge on any atom is -0.355 e. The van der Waals surface area contributed by atoms with Crippen molar-refractivity contribution in [2.24, 2.45) is 5.41 Å². The van der Waals surface area contributed by atoms with E-state index in [-0.39, 0.29) is 11.3 Å². The third-order valence-corrected chi connectivity index (χ3v) is 3.46. The zero-order chi connectivity index (χ0) is 10.4. The predicted molar refractivity (Wildman–Crippen MR) is 61.6 cm³/mol. The molecule has 1 aliphatic rings. The molecule has 82 valence electrons. The van der Waals surface area contributed by atoms with Crippen molar-refractivity contribution >= 4 is 17.7 Å². The highest BCUT2D eigenvalue weighted by atomic mass is 32.2. The average Bonchev–Trinajstić information content (AvgIpc) is 2.19. The van der Waals surface area contributed by atoms with Gasteiger partial charge in [0.15, 0.2) is 0 Å². The molecule has 1 amide bonds. The van der Waals surface area contributed by atoms with Gasteiger partial charge in [-0.15, -0.1) is 0 Å². The lowest BCUT2D eigenvalue weighted by Gasteiger charge is -2.32. The van der Waals surface area contributed by atoms with Crippen LogP contribution in [0.25, 0.3) is 0 Å². The molecule has 0 unspecified atom stereocenters. The van der Waals surface area contributed by atoms with Crippen molar-refractivity contribution in [1.82, 2.24) is 10.6 Å². The van der Waals surface area contributed by atoms with Gasteiger partial charge in [0.05, 0.1) is 0 Å². The summed E-state index contributed by atoms with van der Waals surface area (Å²) >= 11 is 1.76. The zero-order valence-corrected chi connectivity index (χ0v) is 9.88. The summed E-state index contributed by atoms with van der Waals surface area (Å²) in [5.74, 6) is 1.23. The Kier molecular flexibility index (Phi) is 4.75. The number of carbonyl (C=O) groups excluding carboxylic acids is 1. The molecular formula is C10H20N2OS.